The molecule has 2 N–H and O–H groups in total. The lowest BCUT2D eigenvalue weighted by atomic mass is 10.1. The van der Waals surface area contributed by atoms with E-state index in [1.54, 1.807) is 14.2 Å². The summed E-state index contributed by atoms with van der Waals surface area (Å²) in [7, 11) is 7.61. The number of ether oxygens (including phenoxy) is 2. The predicted octanol–water partition coefficient (Wildman–Crippen LogP) is 3.35. The van der Waals surface area contributed by atoms with Gasteiger partial charge in [0.05, 0.1) is 6.61 Å². The number of methoxy groups -OCH3 is 1. The molecule has 0 amide bonds. The molecule has 2 aromatic carbocycles. The largest absolute Gasteiger partial charge is 0.493 e. The molecule has 0 heterocycles. The molecule has 6 heteroatoms. The lowest BCUT2D eigenvalue weighted by Gasteiger charge is -2.14. The number of guanidine groups is 1. The zero-order chi connectivity index (χ0) is 20.2. The van der Waals surface area contributed by atoms with Crippen molar-refractivity contribution < 1.29 is 9.47 Å². The van der Waals surface area contributed by atoms with E-state index >= 15 is 0 Å². The lowest BCUT2D eigenvalue weighted by Crippen LogP contribution is -2.30. The summed E-state index contributed by atoms with van der Waals surface area (Å²) in [5, 5.41) is 6.68. The standard InChI is InChI=1S/C22H32N4O2/c1-23-22(24-16-18-8-5-9-19(14-18)17-26(2)3)25-20-10-6-11-21(15-20)28-13-7-12-27-4/h5-6,8-11,14-15H,7,12-13,16-17H2,1-4H3,(H2,23,24,25). The summed E-state index contributed by atoms with van der Waals surface area (Å²) in [4.78, 5) is 6.48. The smallest absolute Gasteiger partial charge is 0.195 e. The van der Waals surface area contributed by atoms with Gasteiger partial charge in [0.25, 0.3) is 0 Å². The minimum atomic E-state index is 0.632. The minimum absolute atomic E-state index is 0.632. The molecule has 0 aliphatic rings. The molecule has 2 aromatic rings. The van der Waals surface area contributed by atoms with Gasteiger partial charge in [-0.1, -0.05) is 30.3 Å². The van der Waals surface area contributed by atoms with Crippen LogP contribution in [0.5, 0.6) is 5.75 Å². The summed E-state index contributed by atoms with van der Waals surface area (Å²) in [6.07, 6.45) is 0.865. The van der Waals surface area contributed by atoms with Crippen molar-refractivity contribution in [1.29, 1.82) is 0 Å². The van der Waals surface area contributed by atoms with Crippen LogP contribution in [0.2, 0.25) is 0 Å². The summed E-state index contributed by atoms with van der Waals surface area (Å²) in [6, 6.07) is 16.5. The van der Waals surface area contributed by atoms with Crippen molar-refractivity contribution in [1.82, 2.24) is 10.2 Å². The maximum Gasteiger partial charge on any atom is 0.195 e. The van der Waals surface area contributed by atoms with Gasteiger partial charge < -0.3 is 25.0 Å². The van der Waals surface area contributed by atoms with E-state index in [1.165, 1.54) is 11.1 Å². The fourth-order valence-electron chi connectivity index (χ4n) is 2.76. The maximum absolute atomic E-state index is 5.75. The van der Waals surface area contributed by atoms with Crippen LogP contribution >= 0.6 is 0 Å². The molecule has 0 fully saturated rings. The monoisotopic (exact) mass is 384 g/mol. The number of hydrogen-bond donors (Lipinski definition) is 2. The van der Waals surface area contributed by atoms with Crippen LogP contribution in [0.3, 0.4) is 0 Å². The predicted molar refractivity (Wildman–Crippen MR) is 116 cm³/mol. The molecule has 0 saturated heterocycles. The third kappa shape index (κ3) is 7.98. The Kier molecular flexibility index (Phi) is 9.31. The Morgan fingerprint density at radius 2 is 1.82 bits per heavy atom. The topological polar surface area (TPSA) is 58.1 Å². The first-order valence-corrected chi connectivity index (χ1v) is 9.52. The Bertz CT molecular complexity index is 747. The van der Waals surface area contributed by atoms with Crippen LogP contribution < -0.4 is 15.4 Å². The molecule has 152 valence electrons. The van der Waals surface area contributed by atoms with E-state index in [9.17, 15) is 0 Å². The molecule has 0 aromatic heterocycles. The van der Waals surface area contributed by atoms with E-state index in [0.717, 1.165) is 30.4 Å². The van der Waals surface area contributed by atoms with Gasteiger partial charge in [-0.3, -0.25) is 4.99 Å². The van der Waals surface area contributed by atoms with Crippen LogP contribution in [-0.4, -0.2) is 52.3 Å². The first-order valence-electron chi connectivity index (χ1n) is 9.52. The average molecular weight is 385 g/mol. The molecule has 0 unspecified atom stereocenters. The first kappa shape index (κ1) is 21.7. The van der Waals surface area contributed by atoms with E-state index in [1.807, 2.05) is 24.3 Å². The molecule has 0 spiro atoms. The summed E-state index contributed by atoms with van der Waals surface area (Å²) in [6.45, 7) is 2.96. The lowest BCUT2D eigenvalue weighted by molar-refractivity contribution is 0.172. The van der Waals surface area contributed by atoms with Crippen LogP contribution in [-0.2, 0) is 17.8 Å². The minimum Gasteiger partial charge on any atom is -0.493 e. The van der Waals surface area contributed by atoms with Crippen molar-refractivity contribution in [3.63, 3.8) is 0 Å². The molecule has 0 radical (unpaired) electrons. The molecule has 28 heavy (non-hydrogen) atoms. The van der Waals surface area contributed by atoms with Crippen LogP contribution in [0, 0.1) is 0 Å². The maximum atomic E-state index is 5.75. The van der Waals surface area contributed by atoms with Gasteiger partial charge in [-0.2, -0.15) is 0 Å². The number of hydrogen-bond acceptors (Lipinski definition) is 4. The van der Waals surface area contributed by atoms with Crippen LogP contribution in [0.4, 0.5) is 5.69 Å². The van der Waals surface area contributed by atoms with Crippen LogP contribution in [0.25, 0.3) is 0 Å². The third-order valence-electron chi connectivity index (χ3n) is 4.03. The molecule has 0 bridgehead atoms. The Hall–Kier alpha value is -2.57. The van der Waals surface area contributed by atoms with Crippen molar-refractivity contribution >= 4 is 11.6 Å². The number of nitrogens with zero attached hydrogens (tertiary/aromatic N) is 2. The summed E-state index contributed by atoms with van der Waals surface area (Å²) >= 11 is 0. The van der Waals surface area contributed by atoms with Gasteiger partial charge in [-0.25, -0.2) is 0 Å². The molecule has 0 atom stereocenters. The highest BCUT2D eigenvalue weighted by molar-refractivity contribution is 5.93. The Morgan fingerprint density at radius 1 is 1.04 bits per heavy atom. The molecule has 2 rings (SSSR count). The summed E-state index contributed by atoms with van der Waals surface area (Å²) < 4.78 is 10.8. The van der Waals surface area contributed by atoms with Crippen molar-refractivity contribution in [3.8, 4) is 5.75 Å². The number of aliphatic imine (C=N–C) groups is 1. The molecular formula is C22H32N4O2. The van der Waals surface area contributed by atoms with E-state index in [2.05, 4.69) is 58.9 Å². The van der Waals surface area contributed by atoms with Crippen molar-refractivity contribution in [2.24, 2.45) is 4.99 Å². The molecule has 0 saturated carbocycles. The van der Waals surface area contributed by atoms with E-state index < -0.39 is 0 Å². The third-order valence-corrected chi connectivity index (χ3v) is 4.03. The highest BCUT2D eigenvalue weighted by atomic mass is 16.5. The Labute approximate surface area is 168 Å². The van der Waals surface area contributed by atoms with Crippen molar-refractivity contribution in [2.75, 3.05) is 46.8 Å². The quantitative estimate of drug-likeness (QED) is 0.374. The molecule has 0 aliphatic carbocycles. The first-order chi connectivity index (χ1) is 13.6. The second-order valence-electron chi connectivity index (χ2n) is 6.83. The van der Waals surface area contributed by atoms with Gasteiger partial charge in [0.15, 0.2) is 5.96 Å². The van der Waals surface area contributed by atoms with E-state index in [0.29, 0.717) is 19.8 Å². The molecule has 6 nitrogen and oxygen atoms in total. The van der Waals surface area contributed by atoms with E-state index in [-0.39, 0.29) is 0 Å². The highest BCUT2D eigenvalue weighted by Gasteiger charge is 2.03. The van der Waals surface area contributed by atoms with Gasteiger partial charge in [-0.05, 0) is 37.4 Å². The summed E-state index contributed by atoms with van der Waals surface area (Å²) in [5.41, 5.74) is 3.45. The van der Waals surface area contributed by atoms with E-state index in [4.69, 9.17) is 9.47 Å². The van der Waals surface area contributed by atoms with Crippen LogP contribution in [0.1, 0.15) is 17.5 Å². The fraction of sp³-hybridized carbons (Fsp3) is 0.409. The van der Waals surface area contributed by atoms with Gasteiger partial charge in [0.2, 0.25) is 0 Å². The van der Waals surface area contributed by atoms with Gasteiger partial charge in [0, 0.05) is 52.0 Å². The Morgan fingerprint density at radius 3 is 2.57 bits per heavy atom. The zero-order valence-corrected chi connectivity index (χ0v) is 17.4. The van der Waals surface area contributed by atoms with Crippen molar-refractivity contribution in [3.05, 3.63) is 59.7 Å². The van der Waals surface area contributed by atoms with Gasteiger partial charge >= 0.3 is 0 Å². The average Bonchev–Trinajstić information content (AvgIpc) is 2.68. The van der Waals surface area contributed by atoms with Gasteiger partial charge in [0.1, 0.15) is 5.75 Å². The fourth-order valence-corrected chi connectivity index (χ4v) is 2.76. The van der Waals surface area contributed by atoms with Crippen LogP contribution in [0.15, 0.2) is 53.5 Å². The van der Waals surface area contributed by atoms with Crippen molar-refractivity contribution in [2.45, 2.75) is 19.5 Å². The van der Waals surface area contributed by atoms with Gasteiger partial charge in [-0.15, -0.1) is 0 Å². The number of nitrogens with one attached hydrogen (secondary N) is 2. The second kappa shape index (κ2) is 12.0. The summed E-state index contributed by atoms with van der Waals surface area (Å²) in [5.74, 6) is 1.54. The normalized spacial score (nSPS) is 11.5. The SMILES string of the molecule is CN=C(NCc1cccc(CN(C)C)c1)Nc1cccc(OCCCOC)c1. The zero-order valence-electron chi connectivity index (χ0n) is 17.4. The Balaban J connectivity index is 1.89. The molecular weight excluding hydrogens is 352 g/mol. The molecule has 0 aliphatic heterocycles. The number of rotatable bonds is 10. The number of benzene rings is 2. The highest BCUT2D eigenvalue weighted by Crippen LogP contribution is 2.17. The number of anilines is 1. The second-order valence-corrected chi connectivity index (χ2v) is 6.83.